The molecule has 0 saturated carbocycles. The summed E-state index contributed by atoms with van der Waals surface area (Å²) in [5.74, 6) is -1.78. The van der Waals surface area contributed by atoms with Gasteiger partial charge in [-0.25, -0.2) is 4.39 Å². The van der Waals surface area contributed by atoms with E-state index in [-0.39, 0.29) is 5.56 Å². The van der Waals surface area contributed by atoms with E-state index in [9.17, 15) is 18.9 Å². The fourth-order valence-electron chi connectivity index (χ4n) is 2.29. The standard InChI is InChI=1S/C12H14F2N2O2/c13-8-5-6-10(16(17)18)12(14)11(8)9-4-2-1-3-7-15-9/h5-6,9,15H,1-4,7H2. The average Bonchev–Trinajstić information content (AvgIpc) is 2.57. The van der Waals surface area contributed by atoms with E-state index in [1.807, 2.05) is 0 Å². The third kappa shape index (κ3) is 2.48. The lowest BCUT2D eigenvalue weighted by Gasteiger charge is -2.17. The molecule has 6 heteroatoms. The van der Waals surface area contributed by atoms with Gasteiger partial charge in [0.2, 0.25) is 5.82 Å². The highest BCUT2D eigenvalue weighted by Crippen LogP contribution is 2.31. The van der Waals surface area contributed by atoms with E-state index in [2.05, 4.69) is 5.32 Å². The van der Waals surface area contributed by atoms with Crippen LogP contribution in [-0.2, 0) is 0 Å². The first-order valence-corrected chi connectivity index (χ1v) is 5.97. The minimum atomic E-state index is -1.06. The van der Waals surface area contributed by atoms with E-state index in [0.29, 0.717) is 13.0 Å². The molecular weight excluding hydrogens is 242 g/mol. The van der Waals surface area contributed by atoms with E-state index in [4.69, 9.17) is 0 Å². The van der Waals surface area contributed by atoms with Crippen LogP contribution in [0.15, 0.2) is 12.1 Å². The SMILES string of the molecule is O=[N+]([O-])c1ccc(F)c(C2CCCCCN2)c1F. The molecule has 1 heterocycles. The Labute approximate surface area is 103 Å². The molecule has 1 atom stereocenters. The van der Waals surface area contributed by atoms with E-state index >= 15 is 0 Å². The highest BCUT2D eigenvalue weighted by Gasteiger charge is 2.27. The van der Waals surface area contributed by atoms with Crippen LogP contribution in [0.5, 0.6) is 0 Å². The maximum absolute atomic E-state index is 14.0. The summed E-state index contributed by atoms with van der Waals surface area (Å²) < 4.78 is 27.7. The number of halogens is 2. The Hall–Kier alpha value is -1.56. The molecule has 1 aromatic rings. The monoisotopic (exact) mass is 256 g/mol. The zero-order chi connectivity index (χ0) is 13.1. The highest BCUT2D eigenvalue weighted by atomic mass is 19.1. The average molecular weight is 256 g/mol. The molecule has 2 rings (SSSR count). The zero-order valence-corrected chi connectivity index (χ0v) is 9.79. The molecule has 1 fully saturated rings. The molecule has 1 saturated heterocycles. The summed E-state index contributed by atoms with van der Waals surface area (Å²) in [4.78, 5) is 9.83. The van der Waals surface area contributed by atoms with Gasteiger partial charge in [-0.3, -0.25) is 10.1 Å². The van der Waals surface area contributed by atoms with E-state index < -0.39 is 28.3 Å². The van der Waals surface area contributed by atoms with Crippen molar-refractivity contribution in [3.8, 4) is 0 Å². The number of hydrogen-bond acceptors (Lipinski definition) is 3. The van der Waals surface area contributed by atoms with Crippen LogP contribution in [0.2, 0.25) is 0 Å². The molecule has 0 aromatic heterocycles. The van der Waals surface area contributed by atoms with E-state index in [1.165, 1.54) is 0 Å². The predicted molar refractivity (Wildman–Crippen MR) is 62.2 cm³/mol. The predicted octanol–water partition coefficient (Wildman–Crippen LogP) is 3.08. The molecule has 1 unspecified atom stereocenters. The largest absolute Gasteiger partial charge is 0.310 e. The minimum absolute atomic E-state index is 0.203. The van der Waals surface area contributed by atoms with Gasteiger partial charge >= 0.3 is 5.69 Å². The molecule has 1 aliphatic rings. The van der Waals surface area contributed by atoms with Gasteiger partial charge in [-0.1, -0.05) is 12.8 Å². The van der Waals surface area contributed by atoms with Crippen molar-refractivity contribution in [2.24, 2.45) is 0 Å². The normalized spacial score (nSPS) is 20.4. The van der Waals surface area contributed by atoms with Crippen LogP contribution in [0, 0.1) is 21.7 Å². The summed E-state index contributed by atoms with van der Waals surface area (Å²) >= 11 is 0. The van der Waals surface area contributed by atoms with Crippen LogP contribution in [0.3, 0.4) is 0 Å². The van der Waals surface area contributed by atoms with Crippen LogP contribution in [0.4, 0.5) is 14.5 Å². The van der Waals surface area contributed by atoms with Gasteiger partial charge < -0.3 is 5.32 Å². The zero-order valence-electron chi connectivity index (χ0n) is 9.79. The number of nitrogens with zero attached hydrogens (tertiary/aromatic N) is 1. The second-order valence-corrected chi connectivity index (χ2v) is 4.41. The lowest BCUT2D eigenvalue weighted by molar-refractivity contribution is -0.387. The van der Waals surface area contributed by atoms with Crippen molar-refractivity contribution >= 4 is 5.69 Å². The molecule has 1 N–H and O–H groups in total. The number of benzene rings is 1. The lowest BCUT2D eigenvalue weighted by Crippen LogP contribution is -2.22. The van der Waals surface area contributed by atoms with Crippen molar-refractivity contribution in [3.05, 3.63) is 39.4 Å². The van der Waals surface area contributed by atoms with Crippen molar-refractivity contribution in [3.63, 3.8) is 0 Å². The molecular formula is C12H14F2N2O2. The van der Waals surface area contributed by atoms with Crippen LogP contribution in [0.1, 0.15) is 37.3 Å². The summed E-state index contributed by atoms with van der Waals surface area (Å²) in [5, 5.41) is 13.7. The first-order chi connectivity index (χ1) is 8.61. The van der Waals surface area contributed by atoms with Crippen molar-refractivity contribution in [1.29, 1.82) is 0 Å². The number of nitro benzene ring substituents is 1. The second kappa shape index (κ2) is 5.39. The van der Waals surface area contributed by atoms with Crippen molar-refractivity contribution < 1.29 is 13.7 Å². The quantitative estimate of drug-likeness (QED) is 0.653. The summed E-state index contributed by atoms with van der Waals surface area (Å²) in [6.45, 7) is 0.673. The highest BCUT2D eigenvalue weighted by molar-refractivity contribution is 5.39. The third-order valence-corrected chi connectivity index (χ3v) is 3.21. The third-order valence-electron chi connectivity index (χ3n) is 3.21. The Morgan fingerprint density at radius 3 is 2.78 bits per heavy atom. The van der Waals surface area contributed by atoms with Gasteiger partial charge in [0, 0.05) is 17.7 Å². The minimum Gasteiger partial charge on any atom is -0.310 e. The van der Waals surface area contributed by atoms with Gasteiger partial charge in [-0.05, 0) is 25.5 Å². The molecule has 1 aromatic carbocycles. The van der Waals surface area contributed by atoms with Crippen molar-refractivity contribution in [1.82, 2.24) is 5.32 Å². The molecule has 18 heavy (non-hydrogen) atoms. The van der Waals surface area contributed by atoms with Gasteiger partial charge in [0.1, 0.15) is 5.82 Å². The summed E-state index contributed by atoms with van der Waals surface area (Å²) in [7, 11) is 0. The van der Waals surface area contributed by atoms with Crippen molar-refractivity contribution in [2.75, 3.05) is 6.54 Å². The summed E-state index contributed by atoms with van der Waals surface area (Å²) in [5.41, 5.74) is -0.872. The van der Waals surface area contributed by atoms with Gasteiger partial charge in [0.25, 0.3) is 0 Å². The first-order valence-electron chi connectivity index (χ1n) is 5.97. The second-order valence-electron chi connectivity index (χ2n) is 4.41. The molecule has 0 amide bonds. The van der Waals surface area contributed by atoms with Crippen molar-refractivity contribution in [2.45, 2.75) is 31.7 Å². The van der Waals surface area contributed by atoms with Crippen LogP contribution in [0.25, 0.3) is 0 Å². The number of hydrogen-bond donors (Lipinski definition) is 1. The number of rotatable bonds is 2. The molecule has 0 radical (unpaired) electrons. The Morgan fingerprint density at radius 1 is 1.28 bits per heavy atom. The van der Waals surface area contributed by atoms with Crippen LogP contribution in [-0.4, -0.2) is 11.5 Å². The smallest absolute Gasteiger partial charge is 0.305 e. The van der Waals surface area contributed by atoms with Gasteiger partial charge in [0.15, 0.2) is 0 Å². The Morgan fingerprint density at radius 2 is 2.06 bits per heavy atom. The maximum atomic E-state index is 14.0. The van der Waals surface area contributed by atoms with Crippen LogP contribution < -0.4 is 5.32 Å². The Kier molecular flexibility index (Phi) is 3.86. The van der Waals surface area contributed by atoms with Gasteiger partial charge in [-0.2, -0.15) is 4.39 Å². The maximum Gasteiger partial charge on any atom is 0.305 e. The first kappa shape index (κ1) is 12.9. The van der Waals surface area contributed by atoms with Crippen LogP contribution >= 0.6 is 0 Å². The lowest BCUT2D eigenvalue weighted by atomic mass is 10.00. The Bertz CT molecular complexity index is 458. The Balaban J connectivity index is 2.41. The van der Waals surface area contributed by atoms with Gasteiger partial charge in [0.05, 0.1) is 4.92 Å². The number of nitrogens with one attached hydrogen (secondary N) is 1. The molecule has 98 valence electrons. The summed E-state index contributed by atoms with van der Waals surface area (Å²) in [6, 6.07) is 1.35. The molecule has 4 nitrogen and oxygen atoms in total. The van der Waals surface area contributed by atoms with E-state index in [0.717, 1.165) is 31.4 Å². The fourth-order valence-corrected chi connectivity index (χ4v) is 2.29. The molecule has 0 bridgehead atoms. The molecule has 1 aliphatic heterocycles. The van der Waals surface area contributed by atoms with E-state index in [1.54, 1.807) is 0 Å². The molecule has 0 spiro atoms. The topological polar surface area (TPSA) is 55.2 Å². The fraction of sp³-hybridized carbons (Fsp3) is 0.500. The number of nitro groups is 1. The van der Waals surface area contributed by atoms with Gasteiger partial charge in [-0.15, -0.1) is 0 Å². The summed E-state index contributed by atoms with van der Waals surface area (Å²) in [6.07, 6.45) is 3.41. The molecule has 0 aliphatic carbocycles.